The fourth-order valence-electron chi connectivity index (χ4n) is 2.10. The van der Waals surface area contributed by atoms with Crippen molar-refractivity contribution in [1.82, 2.24) is 15.5 Å². The van der Waals surface area contributed by atoms with Crippen LogP contribution in [0.5, 0.6) is 0 Å². The van der Waals surface area contributed by atoms with Gasteiger partial charge in [-0.15, -0.1) is 12.4 Å². The minimum Gasteiger partial charge on any atom is -0.351 e. The third-order valence-electron chi connectivity index (χ3n) is 3.26. The Morgan fingerprint density at radius 1 is 1.29 bits per heavy atom. The highest BCUT2D eigenvalue weighted by Crippen LogP contribution is 2.11. The average molecular weight is 315 g/mol. The number of nitro benzene ring substituents is 1. The van der Waals surface area contributed by atoms with E-state index >= 15 is 0 Å². The first-order valence-corrected chi connectivity index (χ1v) is 6.62. The van der Waals surface area contributed by atoms with Crippen LogP contribution < -0.4 is 10.6 Å². The second kappa shape index (κ2) is 8.56. The summed E-state index contributed by atoms with van der Waals surface area (Å²) in [4.78, 5) is 24.2. The molecule has 0 atom stereocenters. The van der Waals surface area contributed by atoms with Gasteiger partial charge in [-0.1, -0.05) is 0 Å². The van der Waals surface area contributed by atoms with Crippen molar-refractivity contribution in [1.29, 1.82) is 0 Å². The molecule has 0 aromatic heterocycles. The van der Waals surface area contributed by atoms with E-state index in [0.29, 0.717) is 12.1 Å². The molecule has 21 heavy (non-hydrogen) atoms. The summed E-state index contributed by atoms with van der Waals surface area (Å²) in [7, 11) is 0. The minimum absolute atomic E-state index is 0. The molecule has 2 rings (SSSR count). The monoisotopic (exact) mass is 314 g/mol. The van der Waals surface area contributed by atoms with E-state index in [-0.39, 0.29) is 24.0 Å². The van der Waals surface area contributed by atoms with E-state index in [1.807, 2.05) is 0 Å². The van der Waals surface area contributed by atoms with Crippen LogP contribution in [0.3, 0.4) is 0 Å². The average Bonchev–Trinajstić information content (AvgIpc) is 2.48. The minimum atomic E-state index is -0.480. The second-order valence-corrected chi connectivity index (χ2v) is 4.65. The maximum atomic E-state index is 11.9. The van der Waals surface area contributed by atoms with Gasteiger partial charge in [-0.05, 0) is 12.1 Å². The number of nitro groups is 1. The van der Waals surface area contributed by atoms with E-state index in [2.05, 4.69) is 15.5 Å². The number of piperazine rings is 1. The summed E-state index contributed by atoms with van der Waals surface area (Å²) in [6, 6.07) is 5.62. The smallest absolute Gasteiger partial charge is 0.269 e. The van der Waals surface area contributed by atoms with E-state index in [0.717, 1.165) is 32.7 Å². The summed E-state index contributed by atoms with van der Waals surface area (Å²) >= 11 is 0. The predicted molar refractivity (Wildman–Crippen MR) is 82.0 cm³/mol. The molecule has 0 bridgehead atoms. The number of hydrogen-bond acceptors (Lipinski definition) is 5. The van der Waals surface area contributed by atoms with Crippen molar-refractivity contribution < 1.29 is 9.72 Å². The van der Waals surface area contributed by atoms with Crippen molar-refractivity contribution in [2.75, 3.05) is 39.3 Å². The lowest BCUT2D eigenvalue weighted by Crippen LogP contribution is -2.46. The van der Waals surface area contributed by atoms with Gasteiger partial charge in [0.05, 0.1) is 4.92 Å². The van der Waals surface area contributed by atoms with Crippen LogP contribution in [-0.4, -0.2) is 55.0 Å². The van der Waals surface area contributed by atoms with E-state index in [9.17, 15) is 14.9 Å². The highest BCUT2D eigenvalue weighted by atomic mass is 35.5. The normalized spacial score (nSPS) is 15.0. The molecule has 1 saturated heterocycles. The fourth-order valence-corrected chi connectivity index (χ4v) is 2.10. The summed E-state index contributed by atoms with van der Waals surface area (Å²) < 4.78 is 0. The third-order valence-corrected chi connectivity index (χ3v) is 3.26. The fraction of sp³-hybridized carbons (Fsp3) is 0.462. The van der Waals surface area contributed by atoms with Gasteiger partial charge in [-0.2, -0.15) is 0 Å². The van der Waals surface area contributed by atoms with Gasteiger partial charge in [0.1, 0.15) is 0 Å². The Labute approximate surface area is 129 Å². The van der Waals surface area contributed by atoms with Crippen LogP contribution in [0.2, 0.25) is 0 Å². The zero-order valence-corrected chi connectivity index (χ0v) is 12.4. The molecule has 1 aliphatic rings. The van der Waals surface area contributed by atoms with E-state index < -0.39 is 4.92 Å². The number of benzene rings is 1. The molecule has 7 nitrogen and oxygen atoms in total. The van der Waals surface area contributed by atoms with Crippen molar-refractivity contribution >= 4 is 24.0 Å². The number of carbonyl (C=O) groups is 1. The summed E-state index contributed by atoms with van der Waals surface area (Å²) in [6.45, 7) is 5.35. The first-order chi connectivity index (χ1) is 9.66. The van der Waals surface area contributed by atoms with Crippen molar-refractivity contribution in [3.63, 3.8) is 0 Å². The SMILES string of the molecule is Cl.O=C(NCCN1CCNCC1)c1ccc([N+](=O)[O-])cc1. The highest BCUT2D eigenvalue weighted by Gasteiger charge is 2.11. The number of halogens is 1. The number of nitrogens with one attached hydrogen (secondary N) is 2. The summed E-state index contributed by atoms with van der Waals surface area (Å²) in [5.41, 5.74) is 0.429. The van der Waals surface area contributed by atoms with Crippen LogP contribution in [0.4, 0.5) is 5.69 Å². The molecule has 116 valence electrons. The molecule has 0 aliphatic carbocycles. The Kier molecular flexibility index (Phi) is 7.07. The molecule has 1 fully saturated rings. The third kappa shape index (κ3) is 5.30. The number of rotatable bonds is 5. The van der Waals surface area contributed by atoms with Crippen molar-refractivity contribution in [2.45, 2.75) is 0 Å². The van der Waals surface area contributed by atoms with E-state index in [4.69, 9.17) is 0 Å². The summed E-state index contributed by atoms with van der Waals surface area (Å²) in [5.74, 6) is -0.199. The van der Waals surface area contributed by atoms with Crippen molar-refractivity contribution in [3.05, 3.63) is 39.9 Å². The van der Waals surface area contributed by atoms with E-state index in [1.165, 1.54) is 24.3 Å². The molecule has 0 radical (unpaired) electrons. The Hall–Kier alpha value is -1.70. The van der Waals surface area contributed by atoms with Crippen LogP contribution in [-0.2, 0) is 0 Å². The molecule has 1 aromatic rings. The van der Waals surface area contributed by atoms with Crippen molar-refractivity contribution in [2.24, 2.45) is 0 Å². The number of carbonyl (C=O) groups excluding carboxylic acids is 1. The summed E-state index contributed by atoms with van der Waals surface area (Å²) in [6.07, 6.45) is 0. The molecular formula is C13H19ClN4O3. The van der Waals surface area contributed by atoms with E-state index in [1.54, 1.807) is 0 Å². The van der Waals surface area contributed by atoms with Gasteiger partial charge in [-0.3, -0.25) is 19.8 Å². The zero-order valence-electron chi connectivity index (χ0n) is 11.6. The van der Waals surface area contributed by atoms with Crippen LogP contribution in [0, 0.1) is 10.1 Å². The Morgan fingerprint density at radius 3 is 2.48 bits per heavy atom. The largest absolute Gasteiger partial charge is 0.351 e. The number of hydrogen-bond donors (Lipinski definition) is 2. The van der Waals surface area contributed by atoms with Gasteiger partial charge in [-0.25, -0.2) is 0 Å². The molecule has 2 N–H and O–H groups in total. The first kappa shape index (κ1) is 17.4. The Balaban J connectivity index is 0.00000220. The molecule has 0 saturated carbocycles. The Bertz CT molecular complexity index is 475. The maximum Gasteiger partial charge on any atom is 0.269 e. The molecule has 1 amide bonds. The van der Waals surface area contributed by atoms with Crippen molar-refractivity contribution in [3.8, 4) is 0 Å². The molecule has 0 unspecified atom stereocenters. The van der Waals surface area contributed by atoms with Gasteiger partial charge in [0.25, 0.3) is 11.6 Å². The van der Waals surface area contributed by atoms with Crippen LogP contribution in [0.15, 0.2) is 24.3 Å². The topological polar surface area (TPSA) is 87.5 Å². The molecule has 1 heterocycles. The van der Waals surface area contributed by atoms with Gasteiger partial charge in [0.2, 0.25) is 0 Å². The Morgan fingerprint density at radius 2 is 1.90 bits per heavy atom. The standard InChI is InChI=1S/C13H18N4O3.ClH/c18-13(11-1-3-12(4-2-11)17(19)20)15-7-10-16-8-5-14-6-9-16;/h1-4,14H,5-10H2,(H,15,18);1H. The van der Waals surface area contributed by atoms with Crippen LogP contribution >= 0.6 is 12.4 Å². The number of nitrogens with zero attached hydrogens (tertiary/aromatic N) is 2. The second-order valence-electron chi connectivity index (χ2n) is 4.65. The maximum absolute atomic E-state index is 11.9. The molecule has 8 heteroatoms. The van der Waals surface area contributed by atoms with Gasteiger partial charge >= 0.3 is 0 Å². The number of amides is 1. The highest BCUT2D eigenvalue weighted by molar-refractivity contribution is 5.94. The van der Waals surface area contributed by atoms with Crippen LogP contribution in [0.25, 0.3) is 0 Å². The lowest BCUT2D eigenvalue weighted by molar-refractivity contribution is -0.384. The molecule has 0 spiro atoms. The van der Waals surface area contributed by atoms with Crippen LogP contribution in [0.1, 0.15) is 10.4 Å². The number of non-ortho nitro benzene ring substituents is 1. The zero-order chi connectivity index (χ0) is 14.4. The first-order valence-electron chi connectivity index (χ1n) is 6.62. The van der Waals surface area contributed by atoms with Gasteiger partial charge in [0.15, 0.2) is 0 Å². The van der Waals surface area contributed by atoms with Gasteiger partial charge < -0.3 is 10.6 Å². The summed E-state index contributed by atoms with van der Waals surface area (Å²) in [5, 5.41) is 16.6. The van der Waals surface area contributed by atoms with Gasteiger partial charge in [0, 0.05) is 57.0 Å². The predicted octanol–water partition coefficient (Wildman–Crippen LogP) is 0.652. The molecule has 1 aromatic carbocycles. The lowest BCUT2D eigenvalue weighted by atomic mass is 10.2. The molecule has 1 aliphatic heterocycles. The quantitative estimate of drug-likeness (QED) is 0.615. The lowest BCUT2D eigenvalue weighted by Gasteiger charge is -2.27. The molecular weight excluding hydrogens is 296 g/mol.